The first-order valence-corrected chi connectivity index (χ1v) is 8.45. The van der Waals surface area contributed by atoms with Crippen molar-refractivity contribution in [2.45, 2.75) is 51.2 Å². The molecule has 6 heteroatoms. The summed E-state index contributed by atoms with van der Waals surface area (Å²) in [5.41, 5.74) is 1.55. The molecule has 0 saturated heterocycles. The van der Waals surface area contributed by atoms with Gasteiger partial charge < -0.3 is 10.1 Å². The quantitative estimate of drug-likeness (QED) is 0.939. The number of hydrogen-bond donors (Lipinski definition) is 1. The molecule has 122 valence electrons. The van der Waals surface area contributed by atoms with Crippen LogP contribution in [0.15, 0.2) is 24.7 Å². The summed E-state index contributed by atoms with van der Waals surface area (Å²) in [6.45, 7) is 2.79. The molecule has 2 atom stereocenters. The van der Waals surface area contributed by atoms with Gasteiger partial charge in [-0.1, -0.05) is 12.8 Å². The number of carbonyl (C=O) groups excluding carboxylic acids is 1. The average Bonchev–Trinajstić information content (AvgIpc) is 3.23. The molecule has 2 aliphatic carbocycles. The van der Waals surface area contributed by atoms with Crippen molar-refractivity contribution in [1.29, 1.82) is 0 Å². The molecular formula is C17H22N4O2. The number of pyridine rings is 1. The van der Waals surface area contributed by atoms with Crippen molar-refractivity contribution >= 4 is 11.6 Å². The highest BCUT2D eigenvalue weighted by atomic mass is 16.5. The fraction of sp³-hybridized carbons (Fsp3) is 0.588. The van der Waals surface area contributed by atoms with Gasteiger partial charge >= 0.3 is 0 Å². The van der Waals surface area contributed by atoms with Crippen LogP contribution < -0.4 is 5.32 Å². The topological polar surface area (TPSA) is 68.5 Å². The van der Waals surface area contributed by atoms with Gasteiger partial charge in [-0.2, -0.15) is 0 Å². The number of aromatic nitrogens is 3. The van der Waals surface area contributed by atoms with Crippen LogP contribution in [-0.4, -0.2) is 39.3 Å². The largest absolute Gasteiger partial charge is 0.378 e. The normalized spacial score (nSPS) is 25.6. The van der Waals surface area contributed by atoms with Crippen molar-refractivity contribution in [2.75, 3.05) is 6.61 Å². The highest BCUT2D eigenvalue weighted by molar-refractivity contribution is 5.94. The van der Waals surface area contributed by atoms with Crippen LogP contribution in [0.4, 0.5) is 0 Å². The molecule has 0 aromatic carbocycles. The van der Waals surface area contributed by atoms with E-state index in [-0.39, 0.29) is 17.4 Å². The minimum absolute atomic E-state index is 0.0215. The summed E-state index contributed by atoms with van der Waals surface area (Å²) < 4.78 is 7.68. The molecule has 6 nitrogen and oxygen atoms in total. The van der Waals surface area contributed by atoms with E-state index in [4.69, 9.17) is 4.74 Å². The number of carbonyl (C=O) groups is 1. The zero-order chi connectivity index (χ0) is 15.9. The summed E-state index contributed by atoms with van der Waals surface area (Å²) in [5, 5.41) is 11.0. The Morgan fingerprint density at radius 1 is 1.43 bits per heavy atom. The van der Waals surface area contributed by atoms with E-state index in [0.29, 0.717) is 11.7 Å². The fourth-order valence-corrected chi connectivity index (χ4v) is 4.29. The lowest BCUT2D eigenvalue weighted by Crippen LogP contribution is -2.63. The van der Waals surface area contributed by atoms with Crippen LogP contribution in [0.2, 0.25) is 0 Å². The number of hydrogen-bond acceptors (Lipinski definition) is 4. The number of nitrogens with zero attached hydrogens (tertiary/aromatic N) is 3. The molecular weight excluding hydrogens is 292 g/mol. The molecule has 2 saturated carbocycles. The first-order valence-electron chi connectivity index (χ1n) is 8.45. The van der Waals surface area contributed by atoms with Gasteiger partial charge in [-0.05, 0) is 38.3 Å². The Balaban J connectivity index is 1.50. The van der Waals surface area contributed by atoms with Gasteiger partial charge in [0.25, 0.3) is 5.91 Å². The number of amides is 1. The Hall–Kier alpha value is -1.95. The Morgan fingerprint density at radius 3 is 3.04 bits per heavy atom. The smallest absolute Gasteiger partial charge is 0.253 e. The number of rotatable bonds is 4. The van der Waals surface area contributed by atoms with Gasteiger partial charge in [-0.15, -0.1) is 10.2 Å². The van der Waals surface area contributed by atoms with Gasteiger partial charge in [0.2, 0.25) is 0 Å². The van der Waals surface area contributed by atoms with Crippen LogP contribution >= 0.6 is 0 Å². The molecule has 2 aromatic heterocycles. The average molecular weight is 314 g/mol. The van der Waals surface area contributed by atoms with E-state index in [2.05, 4.69) is 15.5 Å². The number of nitrogens with one attached hydrogen (secondary N) is 1. The highest BCUT2D eigenvalue weighted by Gasteiger charge is 2.57. The minimum atomic E-state index is -0.0215. The van der Waals surface area contributed by atoms with Crippen molar-refractivity contribution in [3.8, 4) is 0 Å². The van der Waals surface area contributed by atoms with Crippen molar-refractivity contribution in [3.05, 3.63) is 30.2 Å². The summed E-state index contributed by atoms with van der Waals surface area (Å²) >= 11 is 0. The second-order valence-corrected chi connectivity index (χ2v) is 6.66. The van der Waals surface area contributed by atoms with Gasteiger partial charge in [-0.3, -0.25) is 9.20 Å². The summed E-state index contributed by atoms with van der Waals surface area (Å²) in [7, 11) is 0. The third-order valence-corrected chi connectivity index (χ3v) is 5.55. The van der Waals surface area contributed by atoms with E-state index in [1.54, 1.807) is 23.0 Å². The predicted molar refractivity (Wildman–Crippen MR) is 85.2 cm³/mol. The van der Waals surface area contributed by atoms with Gasteiger partial charge in [0.15, 0.2) is 5.65 Å². The molecule has 1 amide bonds. The summed E-state index contributed by atoms with van der Waals surface area (Å²) in [6.07, 6.45) is 9.42. The maximum Gasteiger partial charge on any atom is 0.253 e. The molecule has 2 aliphatic rings. The maximum atomic E-state index is 12.6. The molecule has 0 radical (unpaired) electrons. The van der Waals surface area contributed by atoms with Crippen LogP contribution in [0, 0.1) is 5.41 Å². The van der Waals surface area contributed by atoms with E-state index in [9.17, 15) is 4.79 Å². The Kier molecular flexibility index (Phi) is 3.56. The van der Waals surface area contributed by atoms with Gasteiger partial charge in [0, 0.05) is 24.3 Å². The van der Waals surface area contributed by atoms with Crippen LogP contribution in [0.1, 0.15) is 49.4 Å². The zero-order valence-electron chi connectivity index (χ0n) is 13.4. The zero-order valence-corrected chi connectivity index (χ0v) is 13.4. The predicted octanol–water partition coefficient (Wildman–Crippen LogP) is 2.20. The van der Waals surface area contributed by atoms with E-state index in [1.165, 1.54) is 12.8 Å². The standard InChI is InChI=1S/C17H22N4O2/c1-2-23-14-9-13(17(14)7-3-4-8-17)19-16(22)12-5-6-15-20-18-11-21(15)10-12/h5-6,10-11,13-14H,2-4,7-9H2,1H3,(H,19,22)/t13-,14-/m0/s1. The second-order valence-electron chi connectivity index (χ2n) is 6.66. The summed E-state index contributed by atoms with van der Waals surface area (Å²) in [4.78, 5) is 12.6. The molecule has 1 spiro atoms. The molecule has 0 bridgehead atoms. The molecule has 2 aromatic rings. The Bertz CT molecular complexity index is 720. The fourth-order valence-electron chi connectivity index (χ4n) is 4.29. The SMILES string of the molecule is CCO[C@H]1C[C@H](NC(=O)c2ccc3nncn3c2)C12CCCC2. The lowest BCUT2D eigenvalue weighted by atomic mass is 9.60. The van der Waals surface area contributed by atoms with Crippen molar-refractivity contribution in [2.24, 2.45) is 5.41 Å². The van der Waals surface area contributed by atoms with E-state index in [1.807, 2.05) is 13.0 Å². The number of ether oxygens (including phenoxy) is 1. The van der Waals surface area contributed by atoms with Crippen LogP contribution in [0.5, 0.6) is 0 Å². The van der Waals surface area contributed by atoms with Gasteiger partial charge in [0.05, 0.1) is 11.7 Å². The van der Waals surface area contributed by atoms with Crippen LogP contribution in [-0.2, 0) is 4.74 Å². The molecule has 23 heavy (non-hydrogen) atoms. The lowest BCUT2D eigenvalue weighted by Gasteiger charge is -2.54. The van der Waals surface area contributed by atoms with Crippen LogP contribution in [0.3, 0.4) is 0 Å². The summed E-state index contributed by atoms with van der Waals surface area (Å²) in [5.74, 6) is -0.0215. The number of fused-ring (bicyclic) bond motifs is 1. The summed E-state index contributed by atoms with van der Waals surface area (Å²) in [6, 6.07) is 3.85. The molecule has 1 N–H and O–H groups in total. The Morgan fingerprint density at radius 2 is 2.26 bits per heavy atom. The van der Waals surface area contributed by atoms with Gasteiger partial charge in [0.1, 0.15) is 6.33 Å². The second kappa shape index (κ2) is 5.60. The highest BCUT2D eigenvalue weighted by Crippen LogP contribution is 2.54. The molecule has 4 rings (SSSR count). The van der Waals surface area contributed by atoms with E-state index < -0.39 is 0 Å². The third-order valence-electron chi connectivity index (χ3n) is 5.55. The van der Waals surface area contributed by atoms with E-state index in [0.717, 1.165) is 31.5 Å². The minimum Gasteiger partial charge on any atom is -0.378 e. The Labute approximate surface area is 135 Å². The first kappa shape index (κ1) is 14.6. The monoisotopic (exact) mass is 314 g/mol. The first-order chi connectivity index (χ1) is 11.2. The van der Waals surface area contributed by atoms with Crippen molar-refractivity contribution < 1.29 is 9.53 Å². The van der Waals surface area contributed by atoms with Crippen molar-refractivity contribution in [1.82, 2.24) is 19.9 Å². The van der Waals surface area contributed by atoms with Gasteiger partial charge in [-0.25, -0.2) is 0 Å². The van der Waals surface area contributed by atoms with E-state index >= 15 is 0 Å². The maximum absolute atomic E-state index is 12.6. The lowest BCUT2D eigenvalue weighted by molar-refractivity contribution is -0.127. The molecule has 2 heterocycles. The van der Waals surface area contributed by atoms with Crippen molar-refractivity contribution in [3.63, 3.8) is 0 Å². The molecule has 0 aliphatic heterocycles. The van der Waals surface area contributed by atoms with Crippen LogP contribution in [0.25, 0.3) is 5.65 Å². The molecule has 2 fully saturated rings. The molecule has 0 unspecified atom stereocenters. The third kappa shape index (κ3) is 2.32.